The highest BCUT2D eigenvalue weighted by Gasteiger charge is 2.30. The van der Waals surface area contributed by atoms with Gasteiger partial charge in [-0.15, -0.1) is 15.3 Å². The highest BCUT2D eigenvalue weighted by molar-refractivity contribution is 5.88. The van der Waals surface area contributed by atoms with E-state index in [1.807, 2.05) is 20.8 Å². The molecule has 0 radical (unpaired) electrons. The smallest absolute Gasteiger partial charge is 0.360 e. The quantitative estimate of drug-likeness (QED) is 0.788. The second-order valence-electron chi connectivity index (χ2n) is 5.63. The zero-order valence-corrected chi connectivity index (χ0v) is 12.9. The zero-order chi connectivity index (χ0) is 15.6. The fourth-order valence-corrected chi connectivity index (χ4v) is 2.03. The van der Waals surface area contributed by atoms with Crippen LogP contribution in [0.25, 0.3) is 0 Å². The van der Waals surface area contributed by atoms with Crippen molar-refractivity contribution in [2.45, 2.75) is 46.6 Å². The molecule has 0 aliphatic heterocycles. The molecule has 0 aromatic carbocycles. The van der Waals surface area contributed by atoms with Crippen molar-refractivity contribution in [2.24, 2.45) is 0 Å². The van der Waals surface area contributed by atoms with Gasteiger partial charge < -0.3 is 9.15 Å². The van der Waals surface area contributed by atoms with Gasteiger partial charge in [0.05, 0.1) is 12.3 Å². The summed E-state index contributed by atoms with van der Waals surface area (Å²) in [6.07, 6.45) is 0. The minimum absolute atomic E-state index is 0.223. The Labute approximate surface area is 122 Å². The third-order valence-electron chi connectivity index (χ3n) is 2.77. The Morgan fingerprint density at radius 3 is 2.52 bits per heavy atom. The van der Waals surface area contributed by atoms with Crippen LogP contribution in [0.5, 0.6) is 0 Å². The Kier molecular flexibility index (Phi) is 4.06. The van der Waals surface area contributed by atoms with Gasteiger partial charge in [-0.05, 0) is 6.92 Å². The van der Waals surface area contributed by atoms with Crippen molar-refractivity contribution in [1.29, 1.82) is 0 Å². The second kappa shape index (κ2) is 5.63. The van der Waals surface area contributed by atoms with Crippen LogP contribution in [0.15, 0.2) is 4.42 Å². The summed E-state index contributed by atoms with van der Waals surface area (Å²) in [4.78, 5) is 12.0. The molecule has 0 spiro atoms. The molecule has 0 aliphatic rings. The van der Waals surface area contributed by atoms with Crippen LogP contribution in [0.2, 0.25) is 0 Å². The van der Waals surface area contributed by atoms with Gasteiger partial charge in [-0.3, -0.25) is 0 Å². The maximum Gasteiger partial charge on any atom is 0.360 e. The summed E-state index contributed by atoms with van der Waals surface area (Å²) in [5.41, 5.74) is 0.568. The van der Waals surface area contributed by atoms with Crippen molar-refractivity contribution in [3.63, 3.8) is 0 Å². The largest absolute Gasteiger partial charge is 0.461 e. The van der Waals surface area contributed by atoms with Gasteiger partial charge in [0.25, 0.3) is 0 Å². The number of carbonyl (C=O) groups excluding carboxylic acids is 1. The summed E-state index contributed by atoms with van der Waals surface area (Å²) in [6.45, 7) is 9.95. The monoisotopic (exact) mass is 293 g/mol. The molecule has 0 saturated carbocycles. The van der Waals surface area contributed by atoms with E-state index < -0.39 is 5.97 Å². The SMILES string of the molecule is CCOC(=O)c1nnn(Cc2nnc(C)o2)c1C(C)(C)C. The van der Waals surface area contributed by atoms with Crippen LogP contribution in [0.1, 0.15) is 55.7 Å². The first-order chi connectivity index (χ1) is 9.82. The van der Waals surface area contributed by atoms with E-state index in [4.69, 9.17) is 9.15 Å². The number of nitrogens with zero attached hydrogens (tertiary/aromatic N) is 5. The molecule has 0 unspecified atom stereocenters. The van der Waals surface area contributed by atoms with Gasteiger partial charge in [-0.25, -0.2) is 9.48 Å². The molecule has 0 bridgehead atoms. The van der Waals surface area contributed by atoms with E-state index in [0.717, 1.165) is 0 Å². The predicted molar refractivity (Wildman–Crippen MR) is 72.8 cm³/mol. The lowest BCUT2D eigenvalue weighted by Crippen LogP contribution is -2.23. The van der Waals surface area contributed by atoms with Crippen molar-refractivity contribution < 1.29 is 13.9 Å². The number of esters is 1. The lowest BCUT2D eigenvalue weighted by Gasteiger charge is -2.20. The Hall–Kier alpha value is -2.25. The van der Waals surface area contributed by atoms with E-state index in [0.29, 0.717) is 17.5 Å². The minimum atomic E-state index is -0.476. The molecule has 0 N–H and O–H groups in total. The van der Waals surface area contributed by atoms with Gasteiger partial charge in [-0.1, -0.05) is 26.0 Å². The summed E-state index contributed by atoms with van der Waals surface area (Å²) in [5, 5.41) is 15.7. The highest BCUT2D eigenvalue weighted by atomic mass is 16.5. The standard InChI is InChI=1S/C13H19N5O3/c1-6-20-12(19)10-11(13(3,4)5)18(17-16-10)7-9-15-14-8(2)21-9/h6-7H2,1-5H3. The van der Waals surface area contributed by atoms with Crippen molar-refractivity contribution in [3.05, 3.63) is 23.2 Å². The molecular formula is C13H19N5O3. The number of carbonyl (C=O) groups is 1. The van der Waals surface area contributed by atoms with Crippen LogP contribution >= 0.6 is 0 Å². The molecule has 0 atom stereocenters. The first kappa shape index (κ1) is 15.1. The highest BCUT2D eigenvalue weighted by Crippen LogP contribution is 2.25. The van der Waals surface area contributed by atoms with E-state index in [-0.39, 0.29) is 24.3 Å². The summed E-state index contributed by atoms with van der Waals surface area (Å²) in [7, 11) is 0. The molecule has 0 aliphatic carbocycles. The van der Waals surface area contributed by atoms with E-state index in [1.54, 1.807) is 18.5 Å². The molecule has 2 heterocycles. The average molecular weight is 293 g/mol. The first-order valence-electron chi connectivity index (χ1n) is 6.73. The normalized spacial score (nSPS) is 11.7. The molecule has 114 valence electrons. The molecule has 0 fully saturated rings. The number of ether oxygens (including phenoxy) is 1. The van der Waals surface area contributed by atoms with Crippen LogP contribution in [-0.4, -0.2) is 37.8 Å². The van der Waals surface area contributed by atoms with Crippen molar-refractivity contribution in [2.75, 3.05) is 6.61 Å². The lowest BCUT2D eigenvalue weighted by atomic mass is 9.90. The molecule has 2 aromatic rings. The number of aryl methyl sites for hydroxylation is 1. The topological polar surface area (TPSA) is 95.9 Å². The summed E-state index contributed by atoms with van der Waals surface area (Å²) < 4.78 is 12.0. The van der Waals surface area contributed by atoms with E-state index in [1.165, 1.54) is 0 Å². The van der Waals surface area contributed by atoms with Crippen LogP contribution in [0, 0.1) is 6.92 Å². The van der Waals surface area contributed by atoms with Crippen LogP contribution in [0.3, 0.4) is 0 Å². The van der Waals surface area contributed by atoms with Gasteiger partial charge >= 0.3 is 5.97 Å². The van der Waals surface area contributed by atoms with Gasteiger partial charge in [0, 0.05) is 12.3 Å². The first-order valence-corrected chi connectivity index (χ1v) is 6.73. The third-order valence-corrected chi connectivity index (χ3v) is 2.77. The van der Waals surface area contributed by atoms with E-state index >= 15 is 0 Å². The molecule has 2 aromatic heterocycles. The molecule has 21 heavy (non-hydrogen) atoms. The van der Waals surface area contributed by atoms with Gasteiger partial charge in [0.2, 0.25) is 11.8 Å². The number of hydrogen-bond donors (Lipinski definition) is 0. The number of hydrogen-bond acceptors (Lipinski definition) is 7. The van der Waals surface area contributed by atoms with Gasteiger partial charge in [0.15, 0.2) is 5.69 Å². The average Bonchev–Trinajstić information content (AvgIpc) is 2.96. The predicted octanol–water partition coefficient (Wildman–Crippen LogP) is 1.49. The maximum atomic E-state index is 12.0. The second-order valence-corrected chi connectivity index (χ2v) is 5.63. The Bertz CT molecular complexity index is 639. The maximum absolute atomic E-state index is 12.0. The van der Waals surface area contributed by atoms with E-state index in [2.05, 4.69) is 20.5 Å². The Balaban J connectivity index is 2.39. The van der Waals surface area contributed by atoms with Crippen molar-refractivity contribution in [1.82, 2.24) is 25.2 Å². The summed E-state index contributed by atoms with van der Waals surface area (Å²) in [6, 6.07) is 0. The molecular weight excluding hydrogens is 274 g/mol. The fourth-order valence-electron chi connectivity index (χ4n) is 2.03. The number of aromatic nitrogens is 5. The molecule has 8 nitrogen and oxygen atoms in total. The minimum Gasteiger partial charge on any atom is -0.461 e. The fraction of sp³-hybridized carbons (Fsp3) is 0.615. The third kappa shape index (κ3) is 3.26. The van der Waals surface area contributed by atoms with Gasteiger partial charge in [-0.2, -0.15) is 0 Å². The zero-order valence-electron chi connectivity index (χ0n) is 12.9. The Morgan fingerprint density at radius 1 is 1.29 bits per heavy atom. The summed E-state index contributed by atoms with van der Waals surface area (Å²) >= 11 is 0. The van der Waals surface area contributed by atoms with E-state index in [9.17, 15) is 4.79 Å². The van der Waals surface area contributed by atoms with Gasteiger partial charge in [0.1, 0.15) is 6.54 Å². The molecule has 8 heteroatoms. The van der Waals surface area contributed by atoms with Crippen LogP contribution < -0.4 is 0 Å². The van der Waals surface area contributed by atoms with Crippen molar-refractivity contribution in [3.8, 4) is 0 Å². The summed E-state index contributed by atoms with van der Waals surface area (Å²) in [5.74, 6) is 0.418. The lowest BCUT2D eigenvalue weighted by molar-refractivity contribution is 0.0516. The molecule has 2 rings (SSSR count). The van der Waals surface area contributed by atoms with Crippen molar-refractivity contribution >= 4 is 5.97 Å². The van der Waals surface area contributed by atoms with Crippen LogP contribution in [-0.2, 0) is 16.7 Å². The molecule has 0 amide bonds. The molecule has 0 saturated heterocycles. The van der Waals surface area contributed by atoms with Crippen LogP contribution in [0.4, 0.5) is 0 Å². The number of rotatable bonds is 4. The Morgan fingerprint density at radius 2 is 2.00 bits per heavy atom.